The summed E-state index contributed by atoms with van der Waals surface area (Å²) in [5, 5.41) is 11.4. The van der Waals surface area contributed by atoms with Crippen molar-refractivity contribution in [1.29, 1.82) is 0 Å². The van der Waals surface area contributed by atoms with Crippen molar-refractivity contribution in [1.82, 2.24) is 5.32 Å². The largest absolute Gasteiger partial charge is 0.480 e. The molecule has 1 rings (SSSR count). The van der Waals surface area contributed by atoms with Crippen molar-refractivity contribution in [2.24, 2.45) is 4.99 Å². The van der Waals surface area contributed by atoms with Gasteiger partial charge in [-0.3, -0.25) is 9.79 Å². The summed E-state index contributed by atoms with van der Waals surface area (Å²) >= 11 is 0. The second-order valence-corrected chi connectivity index (χ2v) is 2.64. The van der Waals surface area contributed by atoms with E-state index in [1.165, 1.54) is 0 Å². The van der Waals surface area contributed by atoms with Crippen molar-refractivity contribution >= 4 is 11.8 Å². The second kappa shape index (κ2) is 3.37. The number of nitrogens with zero attached hydrogens (tertiary/aromatic N) is 1. The summed E-state index contributed by atoms with van der Waals surface area (Å²) in [4.78, 5) is 14.5. The fraction of sp³-hybridized carbons (Fsp3) is 0.714. The molecular formula is C7H12N2O2. The first-order valence-electron chi connectivity index (χ1n) is 3.73. The van der Waals surface area contributed by atoms with Gasteiger partial charge in [-0.15, -0.1) is 0 Å². The number of aliphatic carboxylic acids is 1. The van der Waals surface area contributed by atoms with Gasteiger partial charge in [0.15, 0.2) is 0 Å². The van der Waals surface area contributed by atoms with Crippen molar-refractivity contribution in [3.8, 4) is 0 Å². The van der Waals surface area contributed by atoms with E-state index in [0.29, 0.717) is 0 Å². The summed E-state index contributed by atoms with van der Waals surface area (Å²) in [6, 6.07) is -0.521. The van der Waals surface area contributed by atoms with Gasteiger partial charge in [0, 0.05) is 13.0 Å². The van der Waals surface area contributed by atoms with E-state index in [9.17, 15) is 4.79 Å². The Morgan fingerprint density at radius 2 is 2.55 bits per heavy atom. The Hall–Kier alpha value is -1.06. The van der Waals surface area contributed by atoms with Crippen LogP contribution in [0.5, 0.6) is 0 Å². The van der Waals surface area contributed by atoms with Crippen LogP contribution in [0, 0.1) is 0 Å². The maximum Gasteiger partial charge on any atom is 0.325 e. The van der Waals surface area contributed by atoms with Gasteiger partial charge in [0.05, 0.1) is 5.84 Å². The van der Waals surface area contributed by atoms with Crippen LogP contribution in [0.3, 0.4) is 0 Å². The molecule has 0 fully saturated rings. The number of nitrogens with one attached hydrogen (secondary N) is 1. The zero-order valence-electron chi connectivity index (χ0n) is 6.50. The Bertz CT molecular complexity index is 189. The molecule has 62 valence electrons. The highest BCUT2D eigenvalue weighted by molar-refractivity contribution is 5.87. The molecule has 0 bridgehead atoms. The lowest BCUT2D eigenvalue weighted by molar-refractivity contribution is -0.138. The van der Waals surface area contributed by atoms with Gasteiger partial charge in [-0.25, -0.2) is 0 Å². The Labute approximate surface area is 65.3 Å². The maximum atomic E-state index is 10.4. The molecule has 1 aliphatic heterocycles. The molecule has 4 heteroatoms. The number of amidine groups is 1. The van der Waals surface area contributed by atoms with Crippen LogP contribution in [0.2, 0.25) is 0 Å². The highest BCUT2D eigenvalue weighted by Crippen LogP contribution is 2.01. The number of carbonyl (C=O) groups is 1. The quantitative estimate of drug-likeness (QED) is 0.602. The molecule has 1 unspecified atom stereocenters. The average molecular weight is 156 g/mol. The fourth-order valence-corrected chi connectivity index (χ4v) is 0.969. The van der Waals surface area contributed by atoms with Gasteiger partial charge in [0.1, 0.15) is 6.04 Å². The van der Waals surface area contributed by atoms with Gasteiger partial charge in [-0.05, 0) is 13.3 Å². The van der Waals surface area contributed by atoms with Crippen molar-refractivity contribution in [3.63, 3.8) is 0 Å². The third kappa shape index (κ3) is 2.22. The fourth-order valence-electron chi connectivity index (χ4n) is 0.969. The van der Waals surface area contributed by atoms with Crippen molar-refractivity contribution in [3.05, 3.63) is 0 Å². The molecule has 2 N–H and O–H groups in total. The predicted octanol–water partition coefficient (Wildman–Crippen LogP) is 0.241. The first-order chi connectivity index (χ1) is 5.20. The summed E-state index contributed by atoms with van der Waals surface area (Å²) in [6.45, 7) is 2.44. The van der Waals surface area contributed by atoms with E-state index in [0.717, 1.165) is 25.2 Å². The third-order valence-corrected chi connectivity index (χ3v) is 1.63. The molecule has 0 saturated heterocycles. The zero-order chi connectivity index (χ0) is 8.27. The Morgan fingerprint density at radius 3 is 3.00 bits per heavy atom. The van der Waals surface area contributed by atoms with E-state index < -0.39 is 12.0 Å². The molecule has 0 aliphatic carbocycles. The highest BCUT2D eigenvalue weighted by Gasteiger charge is 2.13. The van der Waals surface area contributed by atoms with E-state index >= 15 is 0 Å². The van der Waals surface area contributed by atoms with Crippen LogP contribution in [0.15, 0.2) is 4.99 Å². The third-order valence-electron chi connectivity index (χ3n) is 1.63. The van der Waals surface area contributed by atoms with E-state index in [4.69, 9.17) is 5.11 Å². The first-order valence-corrected chi connectivity index (χ1v) is 3.73. The Balaban J connectivity index is 2.35. The van der Waals surface area contributed by atoms with E-state index in [2.05, 4.69) is 10.3 Å². The van der Waals surface area contributed by atoms with E-state index in [1.807, 2.05) is 0 Å². The molecule has 0 radical (unpaired) electrons. The van der Waals surface area contributed by atoms with Crippen molar-refractivity contribution < 1.29 is 9.90 Å². The lowest BCUT2D eigenvalue weighted by Crippen LogP contribution is -2.37. The van der Waals surface area contributed by atoms with Crippen LogP contribution in [-0.2, 0) is 4.79 Å². The van der Waals surface area contributed by atoms with Crippen LogP contribution >= 0.6 is 0 Å². The predicted molar refractivity (Wildman–Crippen MR) is 41.8 cm³/mol. The van der Waals surface area contributed by atoms with Gasteiger partial charge in [-0.1, -0.05) is 0 Å². The average Bonchev–Trinajstić information content (AvgIpc) is 2.39. The molecule has 1 aliphatic rings. The number of hydrogen-bond acceptors (Lipinski definition) is 3. The van der Waals surface area contributed by atoms with Gasteiger partial charge < -0.3 is 10.4 Å². The molecule has 0 amide bonds. The number of carboxylic acid groups (broad SMARTS) is 1. The summed E-state index contributed by atoms with van der Waals surface area (Å²) in [7, 11) is 0. The minimum atomic E-state index is -0.834. The van der Waals surface area contributed by atoms with Gasteiger partial charge in [-0.2, -0.15) is 0 Å². The lowest BCUT2D eigenvalue weighted by atomic mass is 10.3. The molecular weight excluding hydrogens is 144 g/mol. The first kappa shape index (κ1) is 8.04. The summed E-state index contributed by atoms with van der Waals surface area (Å²) in [5.41, 5.74) is 0. The monoisotopic (exact) mass is 156 g/mol. The lowest BCUT2D eigenvalue weighted by Gasteiger charge is -2.08. The molecule has 0 spiro atoms. The standard InChI is InChI=1S/C7H12N2O2/c1-5(7(10)11)9-6-3-2-4-8-6/h5H,2-4H2,1H3,(H,8,9)(H,10,11). The van der Waals surface area contributed by atoms with Crippen molar-refractivity contribution in [2.75, 3.05) is 6.54 Å². The van der Waals surface area contributed by atoms with Crippen LogP contribution in [0.4, 0.5) is 0 Å². The van der Waals surface area contributed by atoms with Gasteiger partial charge in [0.2, 0.25) is 0 Å². The minimum Gasteiger partial charge on any atom is -0.480 e. The summed E-state index contributed by atoms with van der Waals surface area (Å²) < 4.78 is 0. The van der Waals surface area contributed by atoms with Crippen LogP contribution in [0.25, 0.3) is 0 Å². The topological polar surface area (TPSA) is 61.7 Å². The van der Waals surface area contributed by atoms with Gasteiger partial charge >= 0.3 is 5.97 Å². The number of rotatable bonds is 2. The summed E-state index contributed by atoms with van der Waals surface area (Å²) in [5.74, 6) is -0.000463. The van der Waals surface area contributed by atoms with E-state index in [1.54, 1.807) is 6.92 Å². The molecule has 0 saturated carbocycles. The SMILES string of the molecule is CC(NC1=NCCC1)C(=O)O. The number of carboxylic acids is 1. The smallest absolute Gasteiger partial charge is 0.325 e. The molecule has 4 nitrogen and oxygen atoms in total. The normalized spacial score (nSPS) is 19.2. The van der Waals surface area contributed by atoms with E-state index in [-0.39, 0.29) is 0 Å². The molecule has 0 aromatic heterocycles. The number of hydrogen-bond donors (Lipinski definition) is 2. The second-order valence-electron chi connectivity index (χ2n) is 2.64. The Kier molecular flexibility index (Phi) is 2.46. The van der Waals surface area contributed by atoms with Crippen LogP contribution in [0.1, 0.15) is 19.8 Å². The Morgan fingerprint density at radius 1 is 1.82 bits per heavy atom. The zero-order valence-corrected chi connectivity index (χ0v) is 6.50. The molecule has 1 atom stereocenters. The molecule has 11 heavy (non-hydrogen) atoms. The van der Waals surface area contributed by atoms with Crippen LogP contribution < -0.4 is 5.32 Å². The minimum absolute atomic E-state index is 0.521. The molecule has 0 aromatic rings. The molecule has 0 aromatic carbocycles. The number of aliphatic imine (C=N–C) groups is 1. The maximum absolute atomic E-state index is 10.4. The summed E-state index contributed by atoms with van der Waals surface area (Å²) in [6.07, 6.45) is 1.92. The molecule has 1 heterocycles. The van der Waals surface area contributed by atoms with Gasteiger partial charge in [0.25, 0.3) is 0 Å². The highest BCUT2D eigenvalue weighted by atomic mass is 16.4. The van der Waals surface area contributed by atoms with Crippen LogP contribution in [-0.4, -0.2) is 29.5 Å². The van der Waals surface area contributed by atoms with Crippen molar-refractivity contribution in [2.45, 2.75) is 25.8 Å².